The van der Waals surface area contributed by atoms with Crippen LogP contribution in [0.3, 0.4) is 0 Å². The summed E-state index contributed by atoms with van der Waals surface area (Å²) in [5.41, 5.74) is 2.96. The zero-order valence-electron chi connectivity index (χ0n) is 11.4. The van der Waals surface area contributed by atoms with Gasteiger partial charge in [-0.05, 0) is 24.3 Å². The van der Waals surface area contributed by atoms with Gasteiger partial charge in [0.25, 0.3) is 5.56 Å². The predicted octanol–water partition coefficient (Wildman–Crippen LogP) is 2.55. The quantitative estimate of drug-likeness (QED) is 0.757. The first-order valence-electron chi connectivity index (χ1n) is 6.50. The minimum atomic E-state index is -0.235. The summed E-state index contributed by atoms with van der Waals surface area (Å²) in [6, 6.07) is 14.4. The number of nitrogens with zero attached hydrogens (tertiary/aromatic N) is 1. The Morgan fingerprint density at radius 3 is 2.52 bits per heavy atom. The fraction of sp³-hybridized carbons (Fsp3) is 0.0625. The van der Waals surface area contributed by atoms with Crippen molar-refractivity contribution >= 4 is 22.6 Å². The summed E-state index contributed by atoms with van der Waals surface area (Å²) >= 11 is 0. The molecule has 0 bridgehead atoms. The standard InChI is InChI=1S/C16H13N3O2/c1-10(20)17-12-8-6-11(7-9-12)15-16(21)19-14-5-3-2-4-13(14)18-15/h2-9H,1H3,(H,17,20)(H,19,21). The van der Waals surface area contributed by atoms with E-state index in [1.54, 1.807) is 24.3 Å². The molecule has 3 rings (SSSR count). The molecule has 21 heavy (non-hydrogen) atoms. The van der Waals surface area contributed by atoms with Gasteiger partial charge < -0.3 is 10.3 Å². The summed E-state index contributed by atoms with van der Waals surface area (Å²) in [6.07, 6.45) is 0. The van der Waals surface area contributed by atoms with Crippen molar-refractivity contribution in [3.8, 4) is 11.3 Å². The fourth-order valence-electron chi connectivity index (χ4n) is 2.14. The van der Waals surface area contributed by atoms with Crippen LogP contribution in [-0.2, 0) is 4.79 Å². The number of carbonyl (C=O) groups is 1. The third-order valence-electron chi connectivity index (χ3n) is 3.08. The molecule has 0 unspecified atom stereocenters. The summed E-state index contributed by atoms with van der Waals surface area (Å²) in [5.74, 6) is -0.135. The molecule has 104 valence electrons. The first-order valence-corrected chi connectivity index (χ1v) is 6.50. The van der Waals surface area contributed by atoms with Crippen LogP contribution in [0.25, 0.3) is 22.3 Å². The Morgan fingerprint density at radius 1 is 1.10 bits per heavy atom. The molecule has 0 radical (unpaired) electrons. The average molecular weight is 279 g/mol. The summed E-state index contributed by atoms with van der Waals surface area (Å²) in [5, 5.41) is 2.68. The second-order valence-electron chi connectivity index (χ2n) is 4.69. The fourth-order valence-corrected chi connectivity index (χ4v) is 2.14. The van der Waals surface area contributed by atoms with Crippen LogP contribution in [-0.4, -0.2) is 15.9 Å². The van der Waals surface area contributed by atoms with E-state index in [1.165, 1.54) is 6.92 Å². The van der Waals surface area contributed by atoms with Gasteiger partial charge in [0.2, 0.25) is 5.91 Å². The topological polar surface area (TPSA) is 74.8 Å². The third kappa shape index (κ3) is 2.67. The molecule has 5 nitrogen and oxygen atoms in total. The SMILES string of the molecule is CC(=O)Nc1ccc(-c2nc3ccccc3[nH]c2=O)cc1. The number of rotatable bonds is 2. The van der Waals surface area contributed by atoms with E-state index in [-0.39, 0.29) is 11.5 Å². The number of aromatic amines is 1. The smallest absolute Gasteiger partial charge is 0.274 e. The monoisotopic (exact) mass is 279 g/mol. The van der Waals surface area contributed by atoms with Crippen LogP contribution in [0.4, 0.5) is 5.69 Å². The van der Waals surface area contributed by atoms with Gasteiger partial charge in [0.1, 0.15) is 5.69 Å². The molecule has 0 aliphatic heterocycles. The van der Waals surface area contributed by atoms with E-state index in [0.29, 0.717) is 22.5 Å². The van der Waals surface area contributed by atoms with Crippen molar-refractivity contribution in [2.45, 2.75) is 6.92 Å². The maximum atomic E-state index is 12.1. The van der Waals surface area contributed by atoms with Crippen molar-refractivity contribution < 1.29 is 4.79 Å². The Kier molecular flexibility index (Phi) is 3.23. The van der Waals surface area contributed by atoms with Gasteiger partial charge in [0.05, 0.1) is 11.0 Å². The van der Waals surface area contributed by atoms with Crippen LogP contribution in [0.5, 0.6) is 0 Å². The number of anilines is 1. The molecule has 2 aromatic carbocycles. The summed E-state index contributed by atoms with van der Waals surface area (Å²) in [4.78, 5) is 30.3. The molecule has 0 atom stereocenters. The number of aromatic nitrogens is 2. The number of para-hydroxylation sites is 2. The Morgan fingerprint density at radius 2 is 1.81 bits per heavy atom. The van der Waals surface area contributed by atoms with Crippen molar-refractivity contribution in [1.29, 1.82) is 0 Å². The van der Waals surface area contributed by atoms with Crippen LogP contribution in [0.15, 0.2) is 53.3 Å². The Hall–Kier alpha value is -2.95. The summed E-state index contributed by atoms with van der Waals surface area (Å²) in [7, 11) is 0. The number of hydrogen-bond acceptors (Lipinski definition) is 3. The van der Waals surface area contributed by atoms with Gasteiger partial charge in [-0.3, -0.25) is 9.59 Å². The molecular formula is C16H13N3O2. The number of nitrogens with one attached hydrogen (secondary N) is 2. The summed E-state index contributed by atoms with van der Waals surface area (Å²) < 4.78 is 0. The number of benzene rings is 2. The highest BCUT2D eigenvalue weighted by Crippen LogP contribution is 2.18. The molecule has 1 amide bonds. The molecule has 0 fully saturated rings. The van der Waals surface area contributed by atoms with Gasteiger partial charge in [0, 0.05) is 18.2 Å². The Bertz CT molecular complexity index is 867. The lowest BCUT2D eigenvalue weighted by Gasteiger charge is -2.05. The molecule has 1 aromatic heterocycles. The normalized spacial score (nSPS) is 10.5. The first-order chi connectivity index (χ1) is 10.1. The zero-order chi connectivity index (χ0) is 14.8. The van der Waals surface area contributed by atoms with E-state index in [0.717, 1.165) is 5.52 Å². The highest BCUT2D eigenvalue weighted by atomic mass is 16.1. The Labute approximate surface area is 120 Å². The van der Waals surface area contributed by atoms with E-state index in [9.17, 15) is 9.59 Å². The van der Waals surface area contributed by atoms with Crippen molar-refractivity contribution in [2.24, 2.45) is 0 Å². The molecule has 0 saturated carbocycles. The van der Waals surface area contributed by atoms with Crippen LogP contribution in [0.1, 0.15) is 6.92 Å². The van der Waals surface area contributed by atoms with Crippen molar-refractivity contribution in [3.05, 3.63) is 58.9 Å². The van der Waals surface area contributed by atoms with Gasteiger partial charge in [-0.2, -0.15) is 0 Å². The highest BCUT2D eigenvalue weighted by molar-refractivity contribution is 5.89. The zero-order valence-corrected chi connectivity index (χ0v) is 11.4. The van der Waals surface area contributed by atoms with Crippen LogP contribution in [0.2, 0.25) is 0 Å². The first kappa shape index (κ1) is 13.1. The van der Waals surface area contributed by atoms with Crippen molar-refractivity contribution in [2.75, 3.05) is 5.32 Å². The molecule has 0 spiro atoms. The van der Waals surface area contributed by atoms with Gasteiger partial charge in [-0.25, -0.2) is 4.98 Å². The minimum Gasteiger partial charge on any atom is -0.326 e. The lowest BCUT2D eigenvalue weighted by molar-refractivity contribution is -0.114. The largest absolute Gasteiger partial charge is 0.326 e. The van der Waals surface area contributed by atoms with Gasteiger partial charge in [0.15, 0.2) is 0 Å². The second-order valence-corrected chi connectivity index (χ2v) is 4.69. The van der Waals surface area contributed by atoms with Crippen LogP contribution in [0, 0.1) is 0 Å². The molecule has 0 saturated heterocycles. The maximum Gasteiger partial charge on any atom is 0.274 e. The number of carbonyl (C=O) groups excluding carboxylic acids is 1. The maximum absolute atomic E-state index is 12.1. The molecule has 2 N–H and O–H groups in total. The Balaban J connectivity index is 2.05. The van der Waals surface area contributed by atoms with E-state index < -0.39 is 0 Å². The molecule has 1 heterocycles. The third-order valence-corrected chi connectivity index (χ3v) is 3.08. The van der Waals surface area contributed by atoms with Crippen LogP contribution >= 0.6 is 0 Å². The lowest BCUT2D eigenvalue weighted by Crippen LogP contribution is -2.11. The highest BCUT2D eigenvalue weighted by Gasteiger charge is 2.07. The van der Waals surface area contributed by atoms with Gasteiger partial charge in [-0.15, -0.1) is 0 Å². The summed E-state index contributed by atoms with van der Waals surface area (Å²) in [6.45, 7) is 1.45. The van der Waals surface area contributed by atoms with Crippen LogP contribution < -0.4 is 10.9 Å². The van der Waals surface area contributed by atoms with E-state index in [1.807, 2.05) is 24.3 Å². The molecular weight excluding hydrogens is 266 g/mol. The molecule has 3 aromatic rings. The van der Waals surface area contributed by atoms with Gasteiger partial charge >= 0.3 is 0 Å². The second kappa shape index (κ2) is 5.20. The number of amides is 1. The van der Waals surface area contributed by atoms with E-state index in [4.69, 9.17) is 0 Å². The molecule has 0 aliphatic carbocycles. The van der Waals surface area contributed by atoms with E-state index in [2.05, 4.69) is 15.3 Å². The number of hydrogen-bond donors (Lipinski definition) is 2. The number of fused-ring (bicyclic) bond motifs is 1. The molecule has 0 aliphatic rings. The predicted molar refractivity (Wildman–Crippen MR) is 82.1 cm³/mol. The average Bonchev–Trinajstić information content (AvgIpc) is 2.47. The molecule has 5 heteroatoms. The van der Waals surface area contributed by atoms with Crippen molar-refractivity contribution in [1.82, 2.24) is 9.97 Å². The number of H-pyrrole nitrogens is 1. The lowest BCUT2D eigenvalue weighted by atomic mass is 10.1. The van der Waals surface area contributed by atoms with E-state index >= 15 is 0 Å². The van der Waals surface area contributed by atoms with Crippen molar-refractivity contribution in [3.63, 3.8) is 0 Å². The minimum absolute atomic E-state index is 0.135. The van der Waals surface area contributed by atoms with Gasteiger partial charge in [-0.1, -0.05) is 24.3 Å².